The summed E-state index contributed by atoms with van der Waals surface area (Å²) in [7, 11) is 6.06. The summed E-state index contributed by atoms with van der Waals surface area (Å²) in [6, 6.07) is 8.41. The summed E-state index contributed by atoms with van der Waals surface area (Å²) in [5.74, 6) is 0.741. The van der Waals surface area contributed by atoms with Gasteiger partial charge in [-0.25, -0.2) is 4.68 Å². The number of alkyl halides is 3. The zero-order valence-electron chi connectivity index (χ0n) is 22.8. The molecule has 5 rings (SSSR count). The molecule has 4 aromatic rings. The lowest BCUT2D eigenvalue weighted by Crippen LogP contribution is -2.32. The molecule has 0 aliphatic carbocycles. The molecule has 2 aromatic carbocycles. The molecule has 1 N–H and O–H groups in total. The Morgan fingerprint density at radius 1 is 0.976 bits per heavy atom. The number of hydrogen-bond donors (Lipinski definition) is 1. The van der Waals surface area contributed by atoms with Crippen molar-refractivity contribution in [2.45, 2.75) is 19.3 Å². The third-order valence-electron chi connectivity index (χ3n) is 6.74. The average Bonchev–Trinajstić information content (AvgIpc) is 3.44. The second-order valence-corrected chi connectivity index (χ2v) is 9.59. The second-order valence-electron chi connectivity index (χ2n) is 9.59. The van der Waals surface area contributed by atoms with Crippen LogP contribution in [0.2, 0.25) is 0 Å². The predicted molar refractivity (Wildman–Crippen MR) is 140 cm³/mol. The Morgan fingerprint density at radius 3 is 2.24 bits per heavy atom. The molecule has 3 heterocycles. The number of amides is 1. The minimum absolute atomic E-state index is 0.0465. The molecule has 0 radical (unpaired) electrons. The fourth-order valence-corrected chi connectivity index (χ4v) is 4.80. The molecule has 1 aliphatic rings. The van der Waals surface area contributed by atoms with Gasteiger partial charge >= 0.3 is 6.18 Å². The normalized spacial score (nSPS) is 13.5. The molecule has 0 saturated heterocycles. The number of carbonyl (C=O) groups is 1. The maximum atomic E-state index is 14.0. The van der Waals surface area contributed by atoms with Gasteiger partial charge in [0.2, 0.25) is 5.62 Å². The Balaban J connectivity index is 1.63. The lowest BCUT2D eigenvalue weighted by molar-refractivity contribution is -0.141. The van der Waals surface area contributed by atoms with Crippen molar-refractivity contribution >= 4 is 5.91 Å². The van der Waals surface area contributed by atoms with E-state index < -0.39 is 17.8 Å². The highest BCUT2D eigenvalue weighted by Crippen LogP contribution is 2.42. The van der Waals surface area contributed by atoms with E-state index in [0.29, 0.717) is 17.1 Å². The summed E-state index contributed by atoms with van der Waals surface area (Å²) in [6.07, 6.45) is -2.04. The maximum Gasteiger partial charge on any atom is 0.435 e. The molecule has 2 aromatic heterocycles. The van der Waals surface area contributed by atoms with Gasteiger partial charge in [0.1, 0.15) is 30.2 Å². The van der Waals surface area contributed by atoms with Crippen LogP contribution in [-0.2, 0) is 33.4 Å². The van der Waals surface area contributed by atoms with Gasteiger partial charge < -0.3 is 19.1 Å². The molecule has 1 amide bonds. The van der Waals surface area contributed by atoms with E-state index in [1.807, 2.05) is 0 Å². The minimum atomic E-state index is -4.74. The van der Waals surface area contributed by atoms with Gasteiger partial charge in [-0.3, -0.25) is 19.5 Å². The zero-order valence-corrected chi connectivity index (χ0v) is 22.8. The third-order valence-corrected chi connectivity index (χ3v) is 6.74. The van der Waals surface area contributed by atoms with E-state index in [1.54, 1.807) is 42.3 Å². The van der Waals surface area contributed by atoms with Crippen molar-refractivity contribution in [2.75, 3.05) is 27.4 Å². The number of aromatic nitrogens is 5. The number of fused-ring (bicyclic) bond motifs is 1. The van der Waals surface area contributed by atoms with E-state index in [-0.39, 0.29) is 54.3 Å². The number of carbonyl (C=O) groups excluding carboxylic acids is 1. The monoisotopic (exact) mass is 571 g/mol. The van der Waals surface area contributed by atoms with Crippen LogP contribution < -0.4 is 19.8 Å². The molecular weight excluding hydrogens is 543 g/mol. The number of rotatable bonds is 7. The summed E-state index contributed by atoms with van der Waals surface area (Å²) >= 11 is 0. The molecule has 0 atom stereocenters. The molecular formula is C27H28F3N7O4. The van der Waals surface area contributed by atoms with Crippen molar-refractivity contribution in [3.63, 3.8) is 0 Å². The van der Waals surface area contributed by atoms with Crippen LogP contribution in [0.5, 0.6) is 17.2 Å². The molecule has 0 spiro atoms. The Bertz CT molecular complexity index is 1650. The third kappa shape index (κ3) is 5.49. The standard InChI is InChI=1S/C27H28F3N7O4/c1-34-14-22(24(33-34)27(28,29)30)20-9-17(13-37-15-32-35(2)26(37)31)10-21-23(20)41-6-5-36(25(21)38)12-16-7-18(39-3)11-19(8-16)40-4/h7-11,14-15,31H,5-6,12-13H2,1-4H3. The van der Waals surface area contributed by atoms with Crippen LogP contribution in [0.1, 0.15) is 27.2 Å². The number of methoxy groups -OCH3 is 2. The summed E-state index contributed by atoms with van der Waals surface area (Å²) in [5.41, 5.74) is 0.212. The van der Waals surface area contributed by atoms with Gasteiger partial charge in [-0.05, 0) is 35.4 Å². The smallest absolute Gasteiger partial charge is 0.435 e. The average molecular weight is 572 g/mol. The number of ether oxygens (including phenoxy) is 3. The highest BCUT2D eigenvalue weighted by atomic mass is 19.4. The summed E-state index contributed by atoms with van der Waals surface area (Å²) in [4.78, 5) is 15.5. The Kier molecular flexibility index (Phi) is 7.24. The first-order valence-corrected chi connectivity index (χ1v) is 12.5. The van der Waals surface area contributed by atoms with E-state index >= 15 is 0 Å². The molecule has 0 fully saturated rings. The molecule has 11 nitrogen and oxygen atoms in total. The Labute approximate surface area is 232 Å². The van der Waals surface area contributed by atoms with E-state index in [9.17, 15) is 18.0 Å². The number of nitrogens with zero attached hydrogens (tertiary/aromatic N) is 6. The van der Waals surface area contributed by atoms with Gasteiger partial charge in [0, 0.05) is 44.0 Å². The molecule has 0 saturated carbocycles. The van der Waals surface area contributed by atoms with Crippen LogP contribution in [-0.4, -0.2) is 62.3 Å². The van der Waals surface area contributed by atoms with Crippen molar-refractivity contribution in [3.8, 4) is 28.4 Å². The van der Waals surface area contributed by atoms with Crippen molar-refractivity contribution in [2.24, 2.45) is 14.1 Å². The highest BCUT2D eigenvalue weighted by molar-refractivity contribution is 6.00. The van der Waals surface area contributed by atoms with Crippen LogP contribution >= 0.6 is 0 Å². The van der Waals surface area contributed by atoms with Gasteiger partial charge in [0.05, 0.1) is 32.9 Å². The Hall–Kier alpha value is -4.75. The summed E-state index contributed by atoms with van der Waals surface area (Å²) in [5, 5.41) is 15.9. The first-order valence-electron chi connectivity index (χ1n) is 12.5. The number of aryl methyl sites for hydroxylation is 2. The minimum Gasteiger partial charge on any atom is -0.497 e. The lowest BCUT2D eigenvalue weighted by atomic mass is 9.97. The Morgan fingerprint density at radius 2 is 1.63 bits per heavy atom. The molecule has 1 aliphatic heterocycles. The van der Waals surface area contributed by atoms with Crippen LogP contribution in [0, 0.1) is 5.41 Å². The molecule has 216 valence electrons. The van der Waals surface area contributed by atoms with Crippen molar-refractivity contribution in [3.05, 3.63) is 70.9 Å². The largest absolute Gasteiger partial charge is 0.497 e. The van der Waals surface area contributed by atoms with Crippen LogP contribution in [0.3, 0.4) is 0 Å². The molecule has 0 bridgehead atoms. The van der Waals surface area contributed by atoms with Gasteiger partial charge in [-0.1, -0.05) is 0 Å². The number of hydrogen-bond acceptors (Lipinski definition) is 7. The molecule has 14 heteroatoms. The van der Waals surface area contributed by atoms with Gasteiger partial charge in [0.15, 0.2) is 5.69 Å². The van der Waals surface area contributed by atoms with Gasteiger partial charge in [-0.2, -0.15) is 23.4 Å². The van der Waals surface area contributed by atoms with E-state index in [0.717, 1.165) is 10.2 Å². The van der Waals surface area contributed by atoms with Crippen molar-refractivity contribution in [1.29, 1.82) is 5.41 Å². The fraction of sp³-hybridized carbons (Fsp3) is 0.333. The van der Waals surface area contributed by atoms with E-state index in [4.69, 9.17) is 19.6 Å². The number of benzene rings is 2. The van der Waals surface area contributed by atoms with E-state index in [2.05, 4.69) is 10.2 Å². The quantitative estimate of drug-likeness (QED) is 0.365. The predicted octanol–water partition coefficient (Wildman–Crippen LogP) is 3.22. The number of nitrogens with one attached hydrogen (secondary N) is 1. The lowest BCUT2D eigenvalue weighted by Gasteiger charge is -2.21. The first-order chi connectivity index (χ1) is 19.5. The van der Waals surface area contributed by atoms with Gasteiger partial charge in [0.25, 0.3) is 5.91 Å². The highest BCUT2D eigenvalue weighted by Gasteiger charge is 2.39. The van der Waals surface area contributed by atoms with Gasteiger partial charge in [-0.15, -0.1) is 0 Å². The van der Waals surface area contributed by atoms with Crippen LogP contribution in [0.15, 0.2) is 42.9 Å². The maximum absolute atomic E-state index is 14.0. The summed E-state index contributed by atoms with van der Waals surface area (Å²) < 4.78 is 62.7. The fourth-order valence-electron chi connectivity index (χ4n) is 4.80. The SMILES string of the molecule is COc1cc(CN2CCOc3c(cc(Cn4cnn(C)c4=N)cc3-c3cn(C)nc3C(F)(F)F)C2=O)cc(OC)c1. The molecule has 0 unspecified atom stereocenters. The first kappa shape index (κ1) is 27.8. The van der Waals surface area contributed by atoms with Crippen molar-refractivity contribution < 1.29 is 32.2 Å². The molecule has 41 heavy (non-hydrogen) atoms. The van der Waals surface area contributed by atoms with E-state index in [1.165, 1.54) is 43.0 Å². The topological polar surface area (TPSA) is 112 Å². The van der Waals surface area contributed by atoms with Crippen molar-refractivity contribution in [1.82, 2.24) is 29.0 Å². The van der Waals surface area contributed by atoms with Crippen LogP contribution in [0.4, 0.5) is 13.2 Å². The number of halogens is 3. The van der Waals surface area contributed by atoms with Crippen LogP contribution in [0.25, 0.3) is 11.1 Å². The summed E-state index contributed by atoms with van der Waals surface area (Å²) in [6.45, 7) is 0.524. The zero-order chi connectivity index (χ0) is 29.5. The second kappa shape index (κ2) is 10.7.